The minimum Gasteiger partial charge on any atom is -0.444 e. The van der Waals surface area contributed by atoms with Crippen molar-refractivity contribution < 1.29 is 14.3 Å². The van der Waals surface area contributed by atoms with Crippen molar-refractivity contribution in [3.8, 4) is 0 Å². The molecule has 4 nitrogen and oxygen atoms in total. The van der Waals surface area contributed by atoms with Gasteiger partial charge in [0.15, 0.2) is 0 Å². The SMILES string of the molecule is CC1CC(=O)C(C)C(C)(C)CN(C(=O)OC(C)(C)C)C1. The minimum absolute atomic E-state index is 0.0461. The van der Waals surface area contributed by atoms with Crippen LogP contribution in [0.4, 0.5) is 4.79 Å². The van der Waals surface area contributed by atoms with Gasteiger partial charge in [-0.1, -0.05) is 27.7 Å². The lowest BCUT2D eigenvalue weighted by molar-refractivity contribution is -0.128. The predicted octanol–water partition coefficient (Wildman–Crippen LogP) is 3.49. The van der Waals surface area contributed by atoms with E-state index in [1.54, 1.807) is 4.90 Å². The number of ether oxygens (including phenoxy) is 1. The predicted molar refractivity (Wildman–Crippen MR) is 79.5 cm³/mol. The van der Waals surface area contributed by atoms with E-state index >= 15 is 0 Å². The molecule has 0 aromatic heterocycles. The molecule has 1 fully saturated rings. The maximum absolute atomic E-state index is 12.3. The van der Waals surface area contributed by atoms with Crippen LogP contribution < -0.4 is 0 Å². The summed E-state index contributed by atoms with van der Waals surface area (Å²) in [6, 6.07) is 0. The van der Waals surface area contributed by atoms with E-state index in [1.165, 1.54) is 0 Å². The fourth-order valence-electron chi connectivity index (χ4n) is 2.56. The number of rotatable bonds is 0. The molecule has 0 radical (unpaired) electrons. The number of nitrogens with zero attached hydrogens (tertiary/aromatic N) is 1. The highest BCUT2D eigenvalue weighted by Crippen LogP contribution is 2.33. The van der Waals surface area contributed by atoms with Crippen LogP contribution in [0.3, 0.4) is 0 Å². The molecule has 1 amide bonds. The molecule has 1 aliphatic heterocycles. The van der Waals surface area contributed by atoms with Gasteiger partial charge < -0.3 is 9.64 Å². The molecule has 0 aliphatic carbocycles. The van der Waals surface area contributed by atoms with Crippen LogP contribution in [0.15, 0.2) is 0 Å². The van der Waals surface area contributed by atoms with E-state index in [-0.39, 0.29) is 23.3 Å². The minimum atomic E-state index is -0.492. The first-order valence-corrected chi connectivity index (χ1v) is 7.43. The molecule has 2 atom stereocenters. The number of carbonyl (C=O) groups excluding carboxylic acids is 2. The molecule has 1 rings (SSSR count). The molecule has 0 N–H and O–H groups in total. The Balaban J connectivity index is 2.90. The van der Waals surface area contributed by atoms with Crippen molar-refractivity contribution in [3.05, 3.63) is 0 Å². The van der Waals surface area contributed by atoms with Gasteiger partial charge in [-0.05, 0) is 32.1 Å². The van der Waals surface area contributed by atoms with Crippen molar-refractivity contribution in [3.63, 3.8) is 0 Å². The van der Waals surface area contributed by atoms with Gasteiger partial charge in [0.1, 0.15) is 11.4 Å². The molecular formula is C16H29NO3. The lowest BCUT2D eigenvalue weighted by atomic mass is 9.74. The summed E-state index contributed by atoms with van der Waals surface area (Å²) in [7, 11) is 0. The van der Waals surface area contributed by atoms with E-state index in [4.69, 9.17) is 4.74 Å². The topological polar surface area (TPSA) is 46.6 Å². The van der Waals surface area contributed by atoms with Gasteiger partial charge in [-0.3, -0.25) is 4.79 Å². The van der Waals surface area contributed by atoms with Crippen LogP contribution in [0.2, 0.25) is 0 Å². The maximum atomic E-state index is 12.3. The van der Waals surface area contributed by atoms with Crippen LogP contribution in [-0.4, -0.2) is 35.5 Å². The lowest BCUT2D eigenvalue weighted by Gasteiger charge is -2.40. The molecule has 20 heavy (non-hydrogen) atoms. The zero-order chi connectivity index (χ0) is 15.7. The lowest BCUT2D eigenvalue weighted by Crippen LogP contribution is -2.49. The summed E-state index contributed by atoms with van der Waals surface area (Å²) in [5.41, 5.74) is -0.720. The summed E-state index contributed by atoms with van der Waals surface area (Å²) in [5, 5.41) is 0. The smallest absolute Gasteiger partial charge is 0.410 e. The number of hydrogen-bond donors (Lipinski definition) is 0. The van der Waals surface area contributed by atoms with Crippen molar-refractivity contribution in [2.75, 3.05) is 13.1 Å². The van der Waals surface area contributed by atoms with Gasteiger partial charge in [0.2, 0.25) is 0 Å². The molecule has 1 aliphatic rings. The highest BCUT2D eigenvalue weighted by molar-refractivity contribution is 5.82. The summed E-state index contributed by atoms with van der Waals surface area (Å²) in [4.78, 5) is 26.2. The summed E-state index contributed by atoms with van der Waals surface area (Å²) in [5.74, 6) is 0.426. The van der Waals surface area contributed by atoms with E-state index in [0.717, 1.165) is 0 Å². The van der Waals surface area contributed by atoms with Gasteiger partial charge in [0, 0.05) is 25.4 Å². The van der Waals surface area contributed by atoms with Gasteiger partial charge in [-0.15, -0.1) is 0 Å². The molecule has 0 aromatic rings. The standard InChI is InChI=1S/C16H29NO3/c1-11-8-13(18)12(2)16(6,7)10-17(9-11)14(19)20-15(3,4)5/h11-12H,8-10H2,1-7H3. The molecule has 4 heteroatoms. The third-order valence-corrected chi connectivity index (χ3v) is 3.99. The van der Waals surface area contributed by atoms with Crippen LogP contribution in [0.5, 0.6) is 0 Å². The first-order chi connectivity index (χ1) is 8.92. The Bertz CT molecular complexity index is 382. The number of ketones is 1. The quantitative estimate of drug-likeness (QED) is 0.683. The fraction of sp³-hybridized carbons (Fsp3) is 0.875. The largest absolute Gasteiger partial charge is 0.444 e. The summed E-state index contributed by atoms with van der Waals surface area (Å²) < 4.78 is 5.48. The van der Waals surface area contributed by atoms with Crippen molar-refractivity contribution in [1.82, 2.24) is 4.90 Å². The van der Waals surface area contributed by atoms with E-state index in [9.17, 15) is 9.59 Å². The molecule has 1 saturated heterocycles. The first kappa shape index (κ1) is 17.0. The van der Waals surface area contributed by atoms with Crippen LogP contribution in [0, 0.1) is 17.3 Å². The second-order valence-electron chi connectivity index (χ2n) is 7.85. The van der Waals surface area contributed by atoms with Gasteiger partial charge in [-0.2, -0.15) is 0 Å². The van der Waals surface area contributed by atoms with Gasteiger partial charge in [0.25, 0.3) is 0 Å². The summed E-state index contributed by atoms with van der Waals surface area (Å²) in [6.45, 7) is 14.8. The third kappa shape index (κ3) is 4.50. The Kier molecular flexibility index (Phi) is 4.88. The zero-order valence-electron chi connectivity index (χ0n) is 13.9. The van der Waals surface area contributed by atoms with Crippen molar-refractivity contribution in [1.29, 1.82) is 0 Å². The number of Topliss-reactive ketones (excluding diaryl/α,β-unsaturated/α-hetero) is 1. The van der Waals surface area contributed by atoms with Crippen molar-refractivity contribution in [2.45, 2.75) is 60.5 Å². The van der Waals surface area contributed by atoms with Gasteiger partial charge in [0.05, 0.1) is 0 Å². The van der Waals surface area contributed by atoms with E-state index < -0.39 is 5.60 Å². The second-order valence-corrected chi connectivity index (χ2v) is 7.85. The Morgan fingerprint density at radius 3 is 2.35 bits per heavy atom. The molecule has 0 aromatic carbocycles. The monoisotopic (exact) mass is 283 g/mol. The van der Waals surface area contributed by atoms with Gasteiger partial charge >= 0.3 is 6.09 Å². The van der Waals surface area contributed by atoms with Gasteiger partial charge in [-0.25, -0.2) is 4.79 Å². The Morgan fingerprint density at radius 2 is 1.85 bits per heavy atom. The highest BCUT2D eigenvalue weighted by Gasteiger charge is 2.38. The first-order valence-electron chi connectivity index (χ1n) is 7.43. The molecule has 0 spiro atoms. The average Bonchev–Trinajstić information content (AvgIpc) is 2.23. The second kappa shape index (κ2) is 5.74. The van der Waals surface area contributed by atoms with Crippen LogP contribution in [-0.2, 0) is 9.53 Å². The van der Waals surface area contributed by atoms with Crippen molar-refractivity contribution in [2.24, 2.45) is 17.3 Å². The fourth-order valence-corrected chi connectivity index (χ4v) is 2.56. The highest BCUT2D eigenvalue weighted by atomic mass is 16.6. The van der Waals surface area contributed by atoms with Crippen LogP contribution in [0.25, 0.3) is 0 Å². The van der Waals surface area contributed by atoms with E-state index in [0.29, 0.717) is 25.3 Å². The maximum Gasteiger partial charge on any atom is 0.410 e. The molecule has 2 unspecified atom stereocenters. The number of likely N-dealkylation sites (tertiary alicyclic amines) is 1. The van der Waals surface area contributed by atoms with Crippen LogP contribution in [0.1, 0.15) is 54.9 Å². The molecular weight excluding hydrogens is 254 g/mol. The average molecular weight is 283 g/mol. The van der Waals surface area contributed by atoms with E-state index in [1.807, 2.05) is 48.5 Å². The molecule has 0 saturated carbocycles. The van der Waals surface area contributed by atoms with E-state index in [2.05, 4.69) is 0 Å². The Morgan fingerprint density at radius 1 is 1.30 bits per heavy atom. The van der Waals surface area contributed by atoms with Crippen molar-refractivity contribution >= 4 is 11.9 Å². The number of carbonyl (C=O) groups is 2. The molecule has 116 valence electrons. The Hall–Kier alpha value is -1.06. The molecule has 0 bridgehead atoms. The Labute approximate surface area is 122 Å². The number of hydrogen-bond acceptors (Lipinski definition) is 3. The summed E-state index contributed by atoms with van der Waals surface area (Å²) >= 11 is 0. The zero-order valence-corrected chi connectivity index (χ0v) is 13.9. The number of amides is 1. The van der Waals surface area contributed by atoms with Crippen LogP contribution >= 0.6 is 0 Å². The third-order valence-electron chi connectivity index (χ3n) is 3.99. The summed E-state index contributed by atoms with van der Waals surface area (Å²) in [6.07, 6.45) is 0.253. The molecule has 1 heterocycles. The normalized spacial score (nSPS) is 27.8.